The van der Waals surface area contributed by atoms with E-state index >= 15 is 0 Å². The van der Waals surface area contributed by atoms with Crippen molar-refractivity contribution >= 4 is 11.6 Å². The van der Waals surface area contributed by atoms with Crippen LogP contribution in [0, 0.1) is 13.8 Å². The highest BCUT2D eigenvalue weighted by molar-refractivity contribution is 6.30. The quantitative estimate of drug-likeness (QED) is 0.733. The summed E-state index contributed by atoms with van der Waals surface area (Å²) in [4.78, 5) is 0. The summed E-state index contributed by atoms with van der Waals surface area (Å²) in [5.41, 5.74) is 4.70. The van der Waals surface area contributed by atoms with E-state index in [1.54, 1.807) is 0 Å². The Bertz CT molecular complexity index is 604. The molecule has 0 aromatic heterocycles. The van der Waals surface area contributed by atoms with Gasteiger partial charge in [-0.15, -0.1) is 0 Å². The number of para-hydroxylation sites is 1. The van der Waals surface area contributed by atoms with E-state index in [9.17, 15) is 0 Å². The summed E-state index contributed by atoms with van der Waals surface area (Å²) in [6, 6.07) is 12.2. The number of benzene rings is 2. The molecule has 0 N–H and O–H groups in total. The van der Waals surface area contributed by atoms with Crippen LogP contribution in [0.4, 0.5) is 0 Å². The van der Waals surface area contributed by atoms with E-state index in [-0.39, 0.29) is 6.10 Å². The number of halogens is 1. The second-order valence-electron chi connectivity index (χ2n) is 4.70. The molecule has 2 aromatic carbocycles. The Hall–Kier alpha value is -1.47. The molecule has 1 heterocycles. The molecule has 1 radical (unpaired) electrons. The Labute approximate surface area is 112 Å². The maximum Gasteiger partial charge on any atom is 0.130 e. The first-order valence-electron chi connectivity index (χ1n) is 6.03. The highest BCUT2D eigenvalue weighted by atomic mass is 35.5. The van der Waals surface area contributed by atoms with E-state index in [2.05, 4.69) is 32.0 Å². The van der Waals surface area contributed by atoms with E-state index in [0.29, 0.717) is 0 Å². The van der Waals surface area contributed by atoms with Crippen molar-refractivity contribution < 1.29 is 4.74 Å². The minimum Gasteiger partial charge on any atom is -0.489 e. The number of ether oxygens (including phenoxy) is 1. The molecule has 0 bridgehead atoms. The molecule has 0 saturated carbocycles. The van der Waals surface area contributed by atoms with Gasteiger partial charge < -0.3 is 4.74 Å². The molecule has 0 spiro atoms. The molecule has 18 heavy (non-hydrogen) atoms. The van der Waals surface area contributed by atoms with Crippen molar-refractivity contribution in [2.24, 2.45) is 0 Å². The van der Waals surface area contributed by atoms with Crippen molar-refractivity contribution in [1.82, 2.24) is 0 Å². The summed E-state index contributed by atoms with van der Waals surface area (Å²) < 4.78 is 5.83. The number of hydrogen-bond acceptors (Lipinski definition) is 1. The third kappa shape index (κ3) is 1.89. The van der Waals surface area contributed by atoms with Gasteiger partial charge in [0.1, 0.15) is 11.9 Å². The van der Waals surface area contributed by atoms with Crippen molar-refractivity contribution in [2.45, 2.75) is 19.4 Å². The zero-order valence-electron chi connectivity index (χ0n) is 10.2. The van der Waals surface area contributed by atoms with Crippen LogP contribution in [0.3, 0.4) is 0 Å². The van der Waals surface area contributed by atoms with E-state index < -0.39 is 0 Å². The molecule has 0 aliphatic carbocycles. The van der Waals surface area contributed by atoms with Crippen molar-refractivity contribution in [1.29, 1.82) is 0 Å². The maximum absolute atomic E-state index is 6.00. The predicted octanol–water partition coefficient (Wildman–Crippen LogP) is 4.45. The molecule has 0 fully saturated rings. The molecule has 2 aromatic rings. The molecule has 1 unspecified atom stereocenters. The van der Waals surface area contributed by atoms with Crippen LogP contribution in [0.15, 0.2) is 36.4 Å². The number of aryl methyl sites for hydroxylation is 1. The summed E-state index contributed by atoms with van der Waals surface area (Å²) in [6.45, 7) is 6.05. The molecule has 1 nitrogen and oxygen atoms in total. The minimum absolute atomic E-state index is 0.0220. The second-order valence-corrected chi connectivity index (χ2v) is 5.13. The Morgan fingerprint density at radius 3 is 2.83 bits per heavy atom. The Morgan fingerprint density at radius 2 is 2.06 bits per heavy atom. The fourth-order valence-electron chi connectivity index (χ4n) is 2.48. The van der Waals surface area contributed by atoms with Gasteiger partial charge in [-0.05, 0) is 42.7 Å². The highest BCUT2D eigenvalue weighted by Gasteiger charge is 2.22. The van der Waals surface area contributed by atoms with Crippen LogP contribution in [0.1, 0.15) is 11.1 Å². The zero-order chi connectivity index (χ0) is 12.7. The molecule has 2 heteroatoms. The molecular formula is C16H14ClO. The number of fused-ring (bicyclic) bond motifs is 1. The van der Waals surface area contributed by atoms with Crippen LogP contribution in [-0.2, 0) is 6.42 Å². The SMILES string of the molecule is [CH2]C1Cc2cccc(-c3ccc(Cl)cc3C)c2O1. The fraction of sp³-hybridized carbons (Fsp3) is 0.188. The summed E-state index contributed by atoms with van der Waals surface area (Å²) in [7, 11) is 0. The van der Waals surface area contributed by atoms with Gasteiger partial charge in [0.05, 0.1) is 0 Å². The lowest BCUT2D eigenvalue weighted by molar-refractivity contribution is 0.282. The lowest BCUT2D eigenvalue weighted by atomic mass is 9.97. The van der Waals surface area contributed by atoms with Gasteiger partial charge in [-0.3, -0.25) is 0 Å². The minimum atomic E-state index is 0.0220. The largest absolute Gasteiger partial charge is 0.489 e. The smallest absolute Gasteiger partial charge is 0.130 e. The third-order valence-electron chi connectivity index (χ3n) is 3.31. The topological polar surface area (TPSA) is 9.23 Å². The van der Waals surface area contributed by atoms with Crippen LogP contribution >= 0.6 is 11.6 Å². The molecule has 0 amide bonds. The van der Waals surface area contributed by atoms with Gasteiger partial charge in [-0.2, -0.15) is 0 Å². The van der Waals surface area contributed by atoms with E-state index in [4.69, 9.17) is 16.3 Å². The molecule has 0 saturated heterocycles. The number of hydrogen-bond donors (Lipinski definition) is 0. The first kappa shape index (κ1) is 11.6. The predicted molar refractivity (Wildman–Crippen MR) is 75.1 cm³/mol. The van der Waals surface area contributed by atoms with Gasteiger partial charge in [0, 0.05) is 17.0 Å². The normalized spacial score (nSPS) is 17.4. The summed E-state index contributed by atoms with van der Waals surface area (Å²) in [5, 5.41) is 0.764. The van der Waals surface area contributed by atoms with Crippen molar-refractivity contribution in [3.05, 3.63) is 59.5 Å². The lowest BCUT2D eigenvalue weighted by Gasteiger charge is -2.12. The Balaban J connectivity index is 2.16. The first-order chi connectivity index (χ1) is 8.65. The number of rotatable bonds is 1. The van der Waals surface area contributed by atoms with Crippen LogP contribution in [0.2, 0.25) is 5.02 Å². The van der Waals surface area contributed by atoms with Gasteiger partial charge in [-0.25, -0.2) is 0 Å². The van der Waals surface area contributed by atoms with Crippen LogP contribution in [0.25, 0.3) is 11.1 Å². The van der Waals surface area contributed by atoms with E-state index in [0.717, 1.165) is 28.3 Å². The van der Waals surface area contributed by atoms with Crippen LogP contribution in [0.5, 0.6) is 5.75 Å². The van der Waals surface area contributed by atoms with Gasteiger partial charge in [-0.1, -0.05) is 35.9 Å². The van der Waals surface area contributed by atoms with Crippen LogP contribution in [-0.4, -0.2) is 6.10 Å². The van der Waals surface area contributed by atoms with E-state index in [1.165, 1.54) is 11.1 Å². The molecule has 1 atom stereocenters. The average Bonchev–Trinajstić information content (AvgIpc) is 2.69. The monoisotopic (exact) mass is 257 g/mol. The lowest BCUT2D eigenvalue weighted by Crippen LogP contribution is -2.06. The molecule has 3 rings (SSSR count). The van der Waals surface area contributed by atoms with Gasteiger partial charge in [0.2, 0.25) is 0 Å². The first-order valence-corrected chi connectivity index (χ1v) is 6.41. The molecule has 1 aliphatic heterocycles. The average molecular weight is 258 g/mol. The zero-order valence-corrected chi connectivity index (χ0v) is 11.0. The van der Waals surface area contributed by atoms with E-state index in [1.807, 2.05) is 18.2 Å². The Kier molecular flexibility index (Phi) is 2.79. The summed E-state index contributed by atoms with van der Waals surface area (Å²) >= 11 is 6.00. The van der Waals surface area contributed by atoms with Crippen molar-refractivity contribution in [3.8, 4) is 16.9 Å². The molecule has 91 valence electrons. The third-order valence-corrected chi connectivity index (χ3v) is 3.54. The molecule has 1 aliphatic rings. The summed E-state index contributed by atoms with van der Waals surface area (Å²) in [6.07, 6.45) is 0.907. The highest BCUT2D eigenvalue weighted by Crippen LogP contribution is 2.40. The maximum atomic E-state index is 6.00. The van der Waals surface area contributed by atoms with Crippen molar-refractivity contribution in [2.75, 3.05) is 0 Å². The van der Waals surface area contributed by atoms with Crippen molar-refractivity contribution in [3.63, 3.8) is 0 Å². The second kappa shape index (κ2) is 4.33. The standard InChI is InChI=1S/C16H14ClO/c1-10-8-13(17)6-7-14(10)15-5-3-4-12-9-11(2)18-16(12)15/h3-8,11H,2,9H2,1H3. The van der Waals surface area contributed by atoms with Crippen LogP contribution < -0.4 is 4.74 Å². The van der Waals surface area contributed by atoms with Gasteiger partial charge in [0.25, 0.3) is 0 Å². The Morgan fingerprint density at radius 1 is 1.22 bits per heavy atom. The molecular weight excluding hydrogens is 244 g/mol. The van der Waals surface area contributed by atoms with Gasteiger partial charge >= 0.3 is 0 Å². The van der Waals surface area contributed by atoms with Gasteiger partial charge in [0.15, 0.2) is 0 Å². The fourth-order valence-corrected chi connectivity index (χ4v) is 2.71. The summed E-state index contributed by atoms with van der Waals surface area (Å²) in [5.74, 6) is 0.975.